The van der Waals surface area contributed by atoms with E-state index in [1.54, 1.807) is 18.2 Å². The topological polar surface area (TPSA) is 37.4 Å². The fourth-order valence-corrected chi connectivity index (χ4v) is 3.17. The van der Waals surface area contributed by atoms with Gasteiger partial charge in [-0.25, -0.2) is 0 Å². The quantitative estimate of drug-likeness (QED) is 0.620. The van der Waals surface area contributed by atoms with Crippen LogP contribution in [-0.4, -0.2) is 16.7 Å². The number of hydrogen-bond acceptors (Lipinski definition) is 2. The number of carbonyl (C=O) groups excluding carboxylic acids is 2. The molecule has 5 heteroatoms. The summed E-state index contributed by atoms with van der Waals surface area (Å²) in [5.74, 6) is -0.517. The minimum atomic E-state index is -0.185. The maximum absolute atomic E-state index is 12.3. The van der Waals surface area contributed by atoms with Crippen molar-refractivity contribution in [2.45, 2.75) is 19.4 Å². The second kappa shape index (κ2) is 5.23. The van der Waals surface area contributed by atoms with Gasteiger partial charge in [-0.2, -0.15) is 0 Å². The molecule has 0 spiro atoms. The van der Waals surface area contributed by atoms with Gasteiger partial charge in [-0.1, -0.05) is 41.4 Å². The van der Waals surface area contributed by atoms with Crippen LogP contribution >= 0.6 is 23.2 Å². The molecule has 1 aromatic rings. The van der Waals surface area contributed by atoms with E-state index in [9.17, 15) is 9.59 Å². The molecule has 0 N–H and O–H groups in total. The molecule has 0 bridgehead atoms. The first kappa shape index (κ1) is 13.7. The van der Waals surface area contributed by atoms with E-state index in [1.165, 1.54) is 4.90 Å². The molecule has 1 heterocycles. The van der Waals surface area contributed by atoms with Crippen molar-refractivity contribution in [3.8, 4) is 0 Å². The highest BCUT2D eigenvalue weighted by molar-refractivity contribution is 6.42. The van der Waals surface area contributed by atoms with Gasteiger partial charge in [-0.05, 0) is 30.5 Å². The Balaban J connectivity index is 1.82. The fraction of sp³-hybridized carbons (Fsp3) is 0.333. The van der Waals surface area contributed by atoms with Crippen LogP contribution in [0.3, 0.4) is 0 Å². The maximum atomic E-state index is 12.3. The predicted octanol–water partition coefficient (Wildman–Crippen LogP) is 3.44. The van der Waals surface area contributed by atoms with E-state index in [0.29, 0.717) is 22.9 Å². The van der Waals surface area contributed by atoms with E-state index in [4.69, 9.17) is 23.2 Å². The SMILES string of the molecule is O=C1C2CC=CCC2C(=O)N1Cc1ccc(Cl)c(Cl)c1. The van der Waals surface area contributed by atoms with Gasteiger partial charge in [-0.3, -0.25) is 14.5 Å². The molecular formula is C15H13Cl2NO2. The zero-order valence-corrected chi connectivity index (χ0v) is 12.2. The summed E-state index contributed by atoms with van der Waals surface area (Å²) in [5, 5.41) is 0.898. The lowest BCUT2D eigenvalue weighted by atomic mass is 9.85. The Morgan fingerprint density at radius 3 is 2.15 bits per heavy atom. The molecule has 2 atom stereocenters. The zero-order valence-electron chi connectivity index (χ0n) is 10.7. The second-order valence-corrected chi connectivity index (χ2v) is 5.98. The molecule has 20 heavy (non-hydrogen) atoms. The third-order valence-corrected chi connectivity index (χ3v) is 4.66. The highest BCUT2D eigenvalue weighted by Gasteiger charge is 2.46. The van der Waals surface area contributed by atoms with Gasteiger partial charge in [0, 0.05) is 0 Å². The summed E-state index contributed by atoms with van der Waals surface area (Å²) in [7, 11) is 0. The van der Waals surface area contributed by atoms with E-state index in [1.807, 2.05) is 12.2 Å². The lowest BCUT2D eigenvalue weighted by Crippen LogP contribution is -2.30. The third-order valence-electron chi connectivity index (χ3n) is 3.92. The molecule has 104 valence electrons. The Morgan fingerprint density at radius 2 is 1.60 bits per heavy atom. The summed E-state index contributed by atoms with van der Waals surface area (Å²) in [4.78, 5) is 26.0. The summed E-state index contributed by atoms with van der Waals surface area (Å²) in [6, 6.07) is 5.17. The number of halogens is 2. The van der Waals surface area contributed by atoms with Gasteiger partial charge in [-0.15, -0.1) is 0 Å². The van der Waals surface area contributed by atoms with E-state index in [0.717, 1.165) is 5.56 Å². The molecule has 0 radical (unpaired) electrons. The molecule has 0 saturated carbocycles. The van der Waals surface area contributed by atoms with Gasteiger partial charge in [0.1, 0.15) is 0 Å². The van der Waals surface area contributed by atoms with Crippen molar-refractivity contribution in [3.63, 3.8) is 0 Å². The van der Waals surface area contributed by atoms with Gasteiger partial charge >= 0.3 is 0 Å². The Hall–Kier alpha value is -1.32. The highest BCUT2D eigenvalue weighted by Crippen LogP contribution is 2.36. The largest absolute Gasteiger partial charge is 0.278 e. The molecule has 1 aromatic carbocycles. The van der Waals surface area contributed by atoms with Crippen LogP contribution in [0.15, 0.2) is 30.4 Å². The van der Waals surface area contributed by atoms with Crippen LogP contribution in [0.1, 0.15) is 18.4 Å². The first-order valence-corrected chi connectivity index (χ1v) is 7.27. The Kier molecular flexibility index (Phi) is 3.57. The lowest BCUT2D eigenvalue weighted by Gasteiger charge is -2.15. The van der Waals surface area contributed by atoms with Crippen molar-refractivity contribution in [2.75, 3.05) is 0 Å². The molecule has 2 unspecified atom stereocenters. The molecule has 1 saturated heterocycles. The van der Waals surface area contributed by atoms with Crippen molar-refractivity contribution >= 4 is 35.0 Å². The second-order valence-electron chi connectivity index (χ2n) is 5.17. The summed E-state index contributed by atoms with van der Waals surface area (Å²) in [6.45, 7) is 0.265. The van der Waals surface area contributed by atoms with Crippen LogP contribution < -0.4 is 0 Å². The zero-order chi connectivity index (χ0) is 14.3. The predicted molar refractivity (Wildman–Crippen MR) is 77.4 cm³/mol. The smallest absolute Gasteiger partial charge is 0.233 e. The average molecular weight is 310 g/mol. The minimum absolute atomic E-state index is 0.0737. The number of likely N-dealkylation sites (tertiary alicyclic amines) is 1. The number of benzene rings is 1. The first-order valence-electron chi connectivity index (χ1n) is 6.52. The molecule has 0 aromatic heterocycles. The number of rotatable bonds is 2. The fourth-order valence-electron chi connectivity index (χ4n) is 2.85. The molecule has 2 aliphatic rings. The van der Waals surface area contributed by atoms with E-state index in [-0.39, 0.29) is 30.2 Å². The van der Waals surface area contributed by atoms with Crippen LogP contribution in [-0.2, 0) is 16.1 Å². The van der Waals surface area contributed by atoms with Crippen LogP contribution in [0.5, 0.6) is 0 Å². The number of nitrogens with zero attached hydrogens (tertiary/aromatic N) is 1. The Bertz CT molecular complexity index is 586. The van der Waals surface area contributed by atoms with Gasteiger partial charge in [0.05, 0.1) is 28.4 Å². The van der Waals surface area contributed by atoms with Crippen molar-refractivity contribution in [3.05, 3.63) is 46.0 Å². The van der Waals surface area contributed by atoms with Crippen molar-refractivity contribution in [2.24, 2.45) is 11.8 Å². The van der Waals surface area contributed by atoms with Gasteiger partial charge in [0.15, 0.2) is 0 Å². The molecular weight excluding hydrogens is 297 g/mol. The maximum Gasteiger partial charge on any atom is 0.233 e. The molecule has 1 aliphatic heterocycles. The average Bonchev–Trinajstić information content (AvgIpc) is 2.69. The standard InChI is InChI=1S/C15H13Cl2NO2/c16-12-6-5-9(7-13(12)17)8-18-14(19)10-3-1-2-4-11(10)15(18)20/h1-2,5-7,10-11H,3-4,8H2. The van der Waals surface area contributed by atoms with Crippen molar-refractivity contribution in [1.82, 2.24) is 4.90 Å². The number of allylic oxidation sites excluding steroid dienone is 2. The monoisotopic (exact) mass is 309 g/mol. The van der Waals surface area contributed by atoms with Crippen molar-refractivity contribution < 1.29 is 9.59 Å². The molecule has 2 amide bonds. The number of fused-ring (bicyclic) bond motifs is 1. The Labute approximate surface area is 127 Å². The van der Waals surface area contributed by atoms with Crippen LogP contribution in [0.4, 0.5) is 0 Å². The lowest BCUT2D eigenvalue weighted by molar-refractivity contribution is -0.140. The number of carbonyl (C=O) groups is 2. The number of amides is 2. The summed E-state index contributed by atoms with van der Waals surface area (Å²) < 4.78 is 0. The number of imide groups is 1. The van der Waals surface area contributed by atoms with Crippen LogP contribution in [0.2, 0.25) is 10.0 Å². The third kappa shape index (κ3) is 2.25. The molecule has 1 aliphatic carbocycles. The van der Waals surface area contributed by atoms with Gasteiger partial charge < -0.3 is 0 Å². The normalized spacial score (nSPS) is 25.2. The van der Waals surface area contributed by atoms with Crippen LogP contribution in [0.25, 0.3) is 0 Å². The van der Waals surface area contributed by atoms with Gasteiger partial charge in [0.25, 0.3) is 0 Å². The molecule has 3 rings (SSSR count). The van der Waals surface area contributed by atoms with Crippen LogP contribution in [0, 0.1) is 11.8 Å². The number of hydrogen-bond donors (Lipinski definition) is 0. The summed E-state index contributed by atoms with van der Waals surface area (Å²) in [6.07, 6.45) is 5.28. The summed E-state index contributed by atoms with van der Waals surface area (Å²) in [5.41, 5.74) is 0.813. The molecule has 1 fully saturated rings. The Morgan fingerprint density at radius 1 is 1.00 bits per heavy atom. The first-order chi connectivity index (χ1) is 9.58. The summed E-state index contributed by atoms with van der Waals surface area (Å²) >= 11 is 11.8. The van der Waals surface area contributed by atoms with E-state index in [2.05, 4.69) is 0 Å². The van der Waals surface area contributed by atoms with E-state index >= 15 is 0 Å². The minimum Gasteiger partial charge on any atom is -0.278 e. The highest BCUT2D eigenvalue weighted by atomic mass is 35.5. The van der Waals surface area contributed by atoms with E-state index < -0.39 is 0 Å². The molecule has 3 nitrogen and oxygen atoms in total. The van der Waals surface area contributed by atoms with Gasteiger partial charge in [0.2, 0.25) is 11.8 Å². The van der Waals surface area contributed by atoms with Crippen molar-refractivity contribution in [1.29, 1.82) is 0 Å².